The highest BCUT2D eigenvalue weighted by Crippen LogP contribution is 2.21. The monoisotopic (exact) mass is 262 g/mol. The van der Waals surface area contributed by atoms with Gasteiger partial charge in [-0.2, -0.15) is 0 Å². The Balaban J connectivity index is 1.77. The number of nitrogens with one attached hydrogen (secondary N) is 1. The van der Waals surface area contributed by atoms with Gasteiger partial charge in [-0.3, -0.25) is 4.99 Å². The number of allylic oxidation sites excluding steroid dienone is 1. The molecule has 0 amide bonds. The van der Waals surface area contributed by atoms with Crippen LogP contribution in [0.1, 0.15) is 28.4 Å². The minimum Gasteiger partial charge on any atom is -0.366 e. The van der Waals surface area contributed by atoms with Gasteiger partial charge in [-0.25, -0.2) is 0 Å². The number of aryl methyl sites for hydroxylation is 2. The first-order chi connectivity index (χ1) is 9.72. The summed E-state index contributed by atoms with van der Waals surface area (Å²) in [5.74, 6) is 0. The second-order valence-corrected chi connectivity index (χ2v) is 5.22. The fourth-order valence-corrected chi connectivity index (χ4v) is 2.24. The van der Waals surface area contributed by atoms with Gasteiger partial charge in [0.05, 0.1) is 0 Å². The molecule has 1 unspecified atom stereocenters. The maximum absolute atomic E-state index is 4.61. The molecule has 0 saturated heterocycles. The van der Waals surface area contributed by atoms with Crippen molar-refractivity contribution in [3.8, 4) is 0 Å². The maximum Gasteiger partial charge on any atom is 0.144 e. The van der Waals surface area contributed by atoms with Crippen LogP contribution in [0, 0.1) is 13.8 Å². The van der Waals surface area contributed by atoms with Crippen LogP contribution < -0.4 is 5.32 Å². The van der Waals surface area contributed by atoms with Crippen LogP contribution in [0.3, 0.4) is 0 Å². The van der Waals surface area contributed by atoms with Crippen molar-refractivity contribution in [1.29, 1.82) is 0 Å². The highest BCUT2D eigenvalue weighted by atomic mass is 15.1. The molecule has 1 aliphatic heterocycles. The quantitative estimate of drug-likeness (QED) is 0.868. The van der Waals surface area contributed by atoms with E-state index in [0.29, 0.717) is 0 Å². The summed E-state index contributed by atoms with van der Waals surface area (Å²) in [7, 11) is 0. The Morgan fingerprint density at radius 2 is 1.45 bits per heavy atom. The maximum atomic E-state index is 4.61. The van der Waals surface area contributed by atoms with E-state index in [1.165, 1.54) is 22.3 Å². The molecule has 0 spiro atoms. The molecule has 0 radical (unpaired) electrons. The van der Waals surface area contributed by atoms with Crippen LogP contribution in [-0.2, 0) is 0 Å². The van der Waals surface area contributed by atoms with Crippen molar-refractivity contribution in [2.75, 3.05) is 0 Å². The second kappa shape index (κ2) is 5.33. The van der Waals surface area contributed by atoms with Crippen LogP contribution in [0.5, 0.6) is 0 Å². The molecule has 1 atom stereocenters. The topological polar surface area (TPSA) is 24.4 Å². The van der Waals surface area contributed by atoms with E-state index in [0.717, 1.165) is 5.57 Å². The summed E-state index contributed by atoms with van der Waals surface area (Å²) < 4.78 is 0. The molecule has 0 aromatic heterocycles. The van der Waals surface area contributed by atoms with Crippen LogP contribution in [0.25, 0.3) is 5.57 Å². The summed E-state index contributed by atoms with van der Waals surface area (Å²) >= 11 is 0. The lowest BCUT2D eigenvalue weighted by Crippen LogP contribution is -2.18. The number of aliphatic imine (C=N–C) groups is 1. The Morgan fingerprint density at radius 1 is 0.850 bits per heavy atom. The molecule has 2 aromatic carbocycles. The number of hydrogen-bond acceptors (Lipinski definition) is 2. The molecule has 2 nitrogen and oxygen atoms in total. The van der Waals surface area contributed by atoms with Crippen molar-refractivity contribution >= 4 is 11.8 Å². The standard InChI is InChI=1S/C18H18N2/c1-13-3-7-15(8-4-13)17-11-19-18(20-12-17)16-9-5-14(2)6-10-16/h3-12,18-19H,1-2H3. The third-order valence-corrected chi connectivity index (χ3v) is 3.54. The van der Waals surface area contributed by atoms with E-state index in [2.05, 4.69) is 72.7 Å². The molecular weight excluding hydrogens is 244 g/mol. The molecule has 2 aromatic rings. The van der Waals surface area contributed by atoms with Gasteiger partial charge in [-0.1, -0.05) is 59.7 Å². The van der Waals surface area contributed by atoms with E-state index in [9.17, 15) is 0 Å². The van der Waals surface area contributed by atoms with Gasteiger partial charge in [0.2, 0.25) is 0 Å². The number of nitrogens with zero attached hydrogens (tertiary/aromatic N) is 1. The van der Waals surface area contributed by atoms with Crippen molar-refractivity contribution in [2.45, 2.75) is 20.0 Å². The number of rotatable bonds is 2. The molecule has 1 aliphatic rings. The minimum atomic E-state index is 0.0183. The van der Waals surface area contributed by atoms with Gasteiger partial charge in [0.15, 0.2) is 0 Å². The normalized spacial score (nSPS) is 17.5. The van der Waals surface area contributed by atoms with Gasteiger partial charge in [0.1, 0.15) is 6.17 Å². The Morgan fingerprint density at radius 3 is 2.00 bits per heavy atom. The van der Waals surface area contributed by atoms with Crippen molar-refractivity contribution in [3.05, 3.63) is 77.0 Å². The largest absolute Gasteiger partial charge is 0.366 e. The van der Waals surface area contributed by atoms with Crippen molar-refractivity contribution in [3.63, 3.8) is 0 Å². The Bertz CT molecular complexity index is 649. The first-order valence-corrected chi connectivity index (χ1v) is 6.85. The lowest BCUT2D eigenvalue weighted by Gasteiger charge is -2.19. The molecule has 1 N–H and O–H groups in total. The summed E-state index contributed by atoms with van der Waals surface area (Å²) in [6.07, 6.45) is 4.01. The van der Waals surface area contributed by atoms with Gasteiger partial charge >= 0.3 is 0 Å². The van der Waals surface area contributed by atoms with E-state index >= 15 is 0 Å². The Labute approximate surface area is 119 Å². The molecule has 0 aliphatic carbocycles. The molecular formula is C18H18N2. The highest BCUT2D eigenvalue weighted by molar-refractivity contribution is 6.10. The zero-order valence-corrected chi connectivity index (χ0v) is 11.8. The van der Waals surface area contributed by atoms with Crippen LogP contribution in [0.15, 0.2) is 59.7 Å². The fourth-order valence-electron chi connectivity index (χ4n) is 2.24. The Hall–Kier alpha value is -2.35. The zero-order valence-electron chi connectivity index (χ0n) is 11.8. The smallest absolute Gasteiger partial charge is 0.144 e. The highest BCUT2D eigenvalue weighted by Gasteiger charge is 2.11. The molecule has 0 fully saturated rings. The molecule has 0 bridgehead atoms. The van der Waals surface area contributed by atoms with Gasteiger partial charge in [-0.05, 0) is 25.0 Å². The summed E-state index contributed by atoms with van der Waals surface area (Å²) in [4.78, 5) is 4.61. The van der Waals surface area contributed by atoms with E-state index in [4.69, 9.17) is 0 Å². The zero-order chi connectivity index (χ0) is 13.9. The van der Waals surface area contributed by atoms with E-state index in [1.807, 2.05) is 12.4 Å². The molecule has 1 heterocycles. The van der Waals surface area contributed by atoms with Gasteiger partial charge in [0, 0.05) is 18.0 Å². The average Bonchev–Trinajstić information content (AvgIpc) is 2.49. The van der Waals surface area contributed by atoms with Gasteiger partial charge < -0.3 is 5.32 Å². The second-order valence-electron chi connectivity index (χ2n) is 5.22. The minimum absolute atomic E-state index is 0.0183. The fraction of sp³-hybridized carbons (Fsp3) is 0.167. The molecule has 0 saturated carbocycles. The SMILES string of the molecule is Cc1ccc(C2=CNC(c3ccc(C)cc3)N=C2)cc1. The van der Waals surface area contributed by atoms with Crippen LogP contribution >= 0.6 is 0 Å². The van der Waals surface area contributed by atoms with Crippen LogP contribution in [-0.4, -0.2) is 6.21 Å². The van der Waals surface area contributed by atoms with Crippen molar-refractivity contribution in [1.82, 2.24) is 5.32 Å². The molecule has 3 rings (SSSR count). The van der Waals surface area contributed by atoms with E-state index in [-0.39, 0.29) is 6.17 Å². The number of benzene rings is 2. The molecule has 20 heavy (non-hydrogen) atoms. The predicted molar refractivity (Wildman–Crippen MR) is 84.7 cm³/mol. The summed E-state index contributed by atoms with van der Waals surface area (Å²) in [6.45, 7) is 4.19. The van der Waals surface area contributed by atoms with Gasteiger partial charge in [0.25, 0.3) is 0 Å². The number of hydrogen-bond donors (Lipinski definition) is 1. The summed E-state index contributed by atoms with van der Waals surface area (Å²) in [5.41, 5.74) is 6.03. The van der Waals surface area contributed by atoms with Gasteiger partial charge in [-0.15, -0.1) is 0 Å². The van der Waals surface area contributed by atoms with Crippen LogP contribution in [0.4, 0.5) is 0 Å². The van der Waals surface area contributed by atoms with E-state index in [1.54, 1.807) is 0 Å². The Kier molecular flexibility index (Phi) is 3.38. The lowest BCUT2D eigenvalue weighted by molar-refractivity contribution is 0.655. The average molecular weight is 262 g/mol. The first-order valence-electron chi connectivity index (χ1n) is 6.85. The molecule has 2 heteroatoms. The van der Waals surface area contributed by atoms with E-state index < -0.39 is 0 Å². The van der Waals surface area contributed by atoms with Crippen molar-refractivity contribution < 1.29 is 0 Å². The van der Waals surface area contributed by atoms with Crippen molar-refractivity contribution in [2.24, 2.45) is 4.99 Å². The predicted octanol–water partition coefficient (Wildman–Crippen LogP) is 4.02. The summed E-state index contributed by atoms with van der Waals surface area (Å²) in [5, 5.41) is 3.36. The third-order valence-electron chi connectivity index (χ3n) is 3.54. The lowest BCUT2D eigenvalue weighted by atomic mass is 10.0. The van der Waals surface area contributed by atoms with Crippen LogP contribution in [0.2, 0.25) is 0 Å². The first kappa shape index (κ1) is 12.7. The molecule has 100 valence electrons. The summed E-state index contributed by atoms with van der Waals surface area (Å²) in [6, 6.07) is 17.0. The third kappa shape index (κ3) is 2.64.